The molecular weight excluding hydrogens is 353 g/mol. The molecule has 0 unspecified atom stereocenters. The van der Waals surface area contributed by atoms with Crippen molar-refractivity contribution in [3.8, 4) is 0 Å². The molecule has 0 aromatic heterocycles. The van der Waals surface area contributed by atoms with Crippen LogP contribution in [0.3, 0.4) is 0 Å². The van der Waals surface area contributed by atoms with Crippen LogP contribution >= 0.6 is 24.0 Å². The summed E-state index contributed by atoms with van der Waals surface area (Å²) in [4.78, 5) is 11.3. The standard InChI is InChI=1S/C21H32ClNO.ClH/c1-2-3-4-5-6-7-8-9-10-11-12-15-18-23-20-17-14-13-16-19(20)21(22)24;/h10-11,13-14,16-17,23H,2-9,12,15,18H2,1H3;1H. The van der Waals surface area contributed by atoms with E-state index in [4.69, 9.17) is 11.6 Å². The number of allylic oxidation sites excluding steroid dienone is 2. The van der Waals surface area contributed by atoms with Gasteiger partial charge in [0.2, 0.25) is 0 Å². The van der Waals surface area contributed by atoms with E-state index in [1.54, 1.807) is 6.07 Å². The first-order valence-electron chi connectivity index (χ1n) is 9.43. The van der Waals surface area contributed by atoms with Gasteiger partial charge in [-0.05, 0) is 49.4 Å². The fourth-order valence-corrected chi connectivity index (χ4v) is 2.87. The lowest BCUT2D eigenvalue weighted by Crippen LogP contribution is -2.05. The Morgan fingerprint density at radius 3 is 2.24 bits per heavy atom. The van der Waals surface area contributed by atoms with Crippen LogP contribution in [0.15, 0.2) is 36.4 Å². The van der Waals surface area contributed by atoms with Gasteiger partial charge in [-0.1, -0.05) is 69.7 Å². The van der Waals surface area contributed by atoms with Crippen molar-refractivity contribution in [1.82, 2.24) is 0 Å². The quantitative estimate of drug-likeness (QED) is 0.205. The number of carbonyl (C=O) groups is 1. The molecule has 0 aliphatic carbocycles. The first kappa shape index (κ1) is 24.0. The third-order valence-corrected chi connectivity index (χ3v) is 4.35. The van der Waals surface area contributed by atoms with E-state index in [9.17, 15) is 4.79 Å². The molecule has 0 aliphatic rings. The molecule has 1 aromatic rings. The monoisotopic (exact) mass is 385 g/mol. The maximum Gasteiger partial charge on any atom is 0.254 e. The zero-order valence-electron chi connectivity index (χ0n) is 15.4. The van der Waals surface area contributed by atoms with Gasteiger partial charge in [0, 0.05) is 12.2 Å². The van der Waals surface area contributed by atoms with Crippen molar-refractivity contribution in [1.29, 1.82) is 0 Å². The van der Waals surface area contributed by atoms with E-state index in [2.05, 4.69) is 24.4 Å². The number of nitrogens with one attached hydrogen (secondary N) is 1. The highest BCUT2D eigenvalue weighted by atomic mass is 35.5. The van der Waals surface area contributed by atoms with E-state index >= 15 is 0 Å². The minimum Gasteiger partial charge on any atom is -0.384 e. The van der Waals surface area contributed by atoms with Crippen molar-refractivity contribution in [2.24, 2.45) is 0 Å². The number of halogens is 2. The Balaban J connectivity index is 0.00000576. The average Bonchev–Trinajstić information content (AvgIpc) is 2.59. The molecule has 0 aliphatic heterocycles. The van der Waals surface area contributed by atoms with Gasteiger partial charge in [0.1, 0.15) is 0 Å². The molecular formula is C21H33Cl2NO. The van der Waals surface area contributed by atoms with Gasteiger partial charge in [-0.3, -0.25) is 4.79 Å². The second-order valence-electron chi connectivity index (χ2n) is 6.27. The summed E-state index contributed by atoms with van der Waals surface area (Å²) in [6.07, 6.45) is 17.5. The van der Waals surface area contributed by atoms with Crippen molar-refractivity contribution in [3.63, 3.8) is 0 Å². The van der Waals surface area contributed by atoms with E-state index in [-0.39, 0.29) is 12.4 Å². The number of hydrogen-bond acceptors (Lipinski definition) is 2. The van der Waals surface area contributed by atoms with E-state index in [1.807, 2.05) is 18.2 Å². The molecule has 0 heterocycles. The molecule has 0 saturated carbocycles. The van der Waals surface area contributed by atoms with Gasteiger partial charge in [-0.15, -0.1) is 12.4 Å². The SMILES string of the molecule is CCCCCCCCCC=CCCCNc1ccccc1C(=O)Cl.Cl. The van der Waals surface area contributed by atoms with Gasteiger partial charge in [-0.2, -0.15) is 0 Å². The van der Waals surface area contributed by atoms with E-state index < -0.39 is 5.24 Å². The van der Waals surface area contributed by atoms with E-state index in [0.717, 1.165) is 25.1 Å². The van der Waals surface area contributed by atoms with Crippen LogP contribution in [0, 0.1) is 0 Å². The Bertz CT molecular complexity index is 489. The summed E-state index contributed by atoms with van der Waals surface area (Å²) in [6.45, 7) is 3.11. The number of rotatable bonds is 14. The molecule has 1 N–H and O–H groups in total. The van der Waals surface area contributed by atoms with Gasteiger partial charge in [0.25, 0.3) is 5.24 Å². The smallest absolute Gasteiger partial charge is 0.254 e. The van der Waals surface area contributed by atoms with Gasteiger partial charge in [0.05, 0.1) is 5.56 Å². The van der Waals surface area contributed by atoms with Crippen LogP contribution in [0.25, 0.3) is 0 Å². The molecule has 1 aromatic carbocycles. The van der Waals surface area contributed by atoms with Gasteiger partial charge in [0.15, 0.2) is 0 Å². The Morgan fingerprint density at radius 1 is 0.960 bits per heavy atom. The molecule has 4 heteroatoms. The zero-order chi connectivity index (χ0) is 17.5. The molecule has 0 bridgehead atoms. The van der Waals surface area contributed by atoms with E-state index in [0.29, 0.717) is 5.56 Å². The van der Waals surface area contributed by atoms with Crippen LogP contribution in [0.4, 0.5) is 5.69 Å². The minimum absolute atomic E-state index is 0. The summed E-state index contributed by atoms with van der Waals surface area (Å²) >= 11 is 5.58. The number of para-hydroxylation sites is 1. The van der Waals surface area contributed by atoms with Crippen LogP contribution < -0.4 is 5.32 Å². The van der Waals surface area contributed by atoms with Gasteiger partial charge in [-0.25, -0.2) is 0 Å². The average molecular weight is 386 g/mol. The number of unbranched alkanes of at least 4 members (excludes halogenated alkanes) is 8. The molecule has 25 heavy (non-hydrogen) atoms. The molecule has 1 rings (SSSR count). The van der Waals surface area contributed by atoms with Crippen LogP contribution in [0.2, 0.25) is 0 Å². The molecule has 0 radical (unpaired) electrons. The maximum absolute atomic E-state index is 11.3. The van der Waals surface area contributed by atoms with Gasteiger partial charge >= 0.3 is 0 Å². The molecule has 0 fully saturated rings. The van der Waals surface area contributed by atoms with Crippen LogP contribution in [-0.4, -0.2) is 11.8 Å². The molecule has 0 spiro atoms. The Morgan fingerprint density at radius 2 is 1.56 bits per heavy atom. The normalized spacial score (nSPS) is 10.6. The van der Waals surface area contributed by atoms with Crippen molar-refractivity contribution in [2.45, 2.75) is 71.1 Å². The predicted octanol–water partition coefficient (Wildman–Crippen LogP) is 7.38. The van der Waals surface area contributed by atoms with Crippen LogP contribution in [0.5, 0.6) is 0 Å². The number of benzene rings is 1. The highest BCUT2D eigenvalue weighted by molar-refractivity contribution is 6.68. The molecule has 0 amide bonds. The molecule has 0 saturated heterocycles. The van der Waals surface area contributed by atoms with Crippen molar-refractivity contribution in [3.05, 3.63) is 42.0 Å². The summed E-state index contributed by atoms with van der Waals surface area (Å²) in [5.41, 5.74) is 1.37. The lowest BCUT2D eigenvalue weighted by atomic mass is 10.1. The van der Waals surface area contributed by atoms with Crippen LogP contribution in [-0.2, 0) is 0 Å². The highest BCUT2D eigenvalue weighted by Crippen LogP contribution is 2.17. The summed E-state index contributed by atoms with van der Waals surface area (Å²) in [5.74, 6) is 0. The van der Waals surface area contributed by atoms with Crippen LogP contribution in [0.1, 0.15) is 81.5 Å². The highest BCUT2D eigenvalue weighted by Gasteiger charge is 2.06. The Hall–Kier alpha value is -0.990. The lowest BCUT2D eigenvalue weighted by Gasteiger charge is -2.08. The van der Waals surface area contributed by atoms with Crippen molar-refractivity contribution < 1.29 is 4.79 Å². The number of hydrogen-bond donors (Lipinski definition) is 1. The second kappa shape index (κ2) is 16.5. The summed E-state index contributed by atoms with van der Waals surface area (Å²) in [7, 11) is 0. The molecule has 142 valence electrons. The lowest BCUT2D eigenvalue weighted by molar-refractivity contribution is 0.108. The fraction of sp³-hybridized carbons (Fsp3) is 0.571. The summed E-state index contributed by atoms with van der Waals surface area (Å²) < 4.78 is 0. The van der Waals surface area contributed by atoms with Crippen molar-refractivity contribution >= 4 is 34.9 Å². The van der Waals surface area contributed by atoms with Gasteiger partial charge < -0.3 is 5.32 Å². The first-order chi connectivity index (χ1) is 11.8. The predicted molar refractivity (Wildman–Crippen MR) is 113 cm³/mol. The summed E-state index contributed by atoms with van der Waals surface area (Å²) in [5, 5.41) is 2.88. The Kier molecular flexibility index (Phi) is 15.8. The fourth-order valence-electron chi connectivity index (χ4n) is 2.71. The number of carbonyl (C=O) groups excluding carboxylic acids is 1. The molecule has 2 nitrogen and oxygen atoms in total. The first-order valence-corrected chi connectivity index (χ1v) is 9.81. The maximum atomic E-state index is 11.3. The Labute approximate surface area is 164 Å². The summed E-state index contributed by atoms with van der Waals surface area (Å²) in [6, 6.07) is 7.38. The topological polar surface area (TPSA) is 29.1 Å². The van der Waals surface area contributed by atoms with E-state index in [1.165, 1.54) is 51.4 Å². The minimum atomic E-state index is -0.410. The largest absolute Gasteiger partial charge is 0.384 e. The second-order valence-corrected chi connectivity index (χ2v) is 6.61. The third-order valence-electron chi connectivity index (χ3n) is 4.14. The third kappa shape index (κ3) is 12.1. The van der Waals surface area contributed by atoms with Crippen molar-refractivity contribution in [2.75, 3.05) is 11.9 Å². The molecule has 0 atom stereocenters. The number of anilines is 1. The zero-order valence-corrected chi connectivity index (χ0v) is 17.0.